The van der Waals surface area contributed by atoms with Gasteiger partial charge in [-0.2, -0.15) is 0 Å². The molecule has 168 valence electrons. The Morgan fingerprint density at radius 1 is 1.09 bits per heavy atom. The summed E-state index contributed by atoms with van der Waals surface area (Å²) in [7, 11) is 0. The van der Waals surface area contributed by atoms with E-state index in [1.807, 2.05) is 6.20 Å². The monoisotopic (exact) mass is 441 g/mol. The number of benzene rings is 1. The summed E-state index contributed by atoms with van der Waals surface area (Å²) >= 11 is 0. The van der Waals surface area contributed by atoms with Gasteiger partial charge in [0.05, 0.1) is 11.1 Å². The van der Waals surface area contributed by atoms with Gasteiger partial charge >= 0.3 is 0 Å². The van der Waals surface area contributed by atoms with E-state index in [1.165, 1.54) is 17.8 Å². The number of nitrogens with one attached hydrogen (secondary N) is 1. The van der Waals surface area contributed by atoms with Gasteiger partial charge in [0.2, 0.25) is 0 Å². The fourth-order valence-electron chi connectivity index (χ4n) is 6.04. The van der Waals surface area contributed by atoms with E-state index in [4.69, 9.17) is 6.42 Å². The molecule has 0 bridgehead atoms. The van der Waals surface area contributed by atoms with E-state index < -0.39 is 0 Å². The highest BCUT2D eigenvalue weighted by atomic mass is 19.1. The van der Waals surface area contributed by atoms with Crippen molar-refractivity contribution in [1.82, 2.24) is 15.3 Å². The molecule has 4 nitrogen and oxygen atoms in total. The number of rotatable bonds is 4. The second kappa shape index (κ2) is 8.26. The molecule has 2 fully saturated rings. The van der Waals surface area contributed by atoms with Gasteiger partial charge in [-0.05, 0) is 105 Å². The van der Waals surface area contributed by atoms with Crippen LogP contribution in [0.15, 0.2) is 48.8 Å². The zero-order valence-electron chi connectivity index (χ0n) is 19.0. The van der Waals surface area contributed by atoms with Crippen LogP contribution in [0.25, 0.3) is 10.9 Å². The van der Waals surface area contributed by atoms with Crippen LogP contribution in [0, 0.1) is 35.9 Å². The van der Waals surface area contributed by atoms with E-state index >= 15 is 0 Å². The molecule has 2 aliphatic rings. The number of aromatic nitrogens is 2. The molecule has 1 aromatic carbocycles. The lowest BCUT2D eigenvalue weighted by Crippen LogP contribution is -2.48. The van der Waals surface area contributed by atoms with Gasteiger partial charge in [0.15, 0.2) is 0 Å². The van der Waals surface area contributed by atoms with Crippen molar-refractivity contribution in [2.75, 3.05) is 0 Å². The average Bonchev–Trinajstić information content (AvgIpc) is 3.38. The second-order valence-electron chi connectivity index (χ2n) is 10.2. The maximum Gasteiger partial charge on any atom is 0.253 e. The number of hydrogen-bond acceptors (Lipinski definition) is 3. The molecule has 2 heterocycles. The zero-order valence-corrected chi connectivity index (χ0v) is 19.0. The quantitative estimate of drug-likeness (QED) is 0.546. The molecule has 3 aromatic rings. The number of nitrogens with zero attached hydrogens (tertiary/aromatic N) is 2. The van der Waals surface area contributed by atoms with Crippen molar-refractivity contribution in [3.8, 4) is 12.3 Å². The van der Waals surface area contributed by atoms with Crippen LogP contribution in [0.4, 0.5) is 4.39 Å². The van der Waals surface area contributed by atoms with E-state index in [0.29, 0.717) is 34.9 Å². The number of halogens is 1. The zero-order chi connectivity index (χ0) is 23.2. The van der Waals surface area contributed by atoms with Crippen LogP contribution in [0.1, 0.15) is 67.1 Å². The van der Waals surface area contributed by atoms with Crippen molar-refractivity contribution in [1.29, 1.82) is 0 Å². The van der Waals surface area contributed by atoms with Gasteiger partial charge in [-0.15, -0.1) is 6.42 Å². The Morgan fingerprint density at radius 3 is 2.52 bits per heavy atom. The lowest BCUT2D eigenvalue weighted by Gasteiger charge is -2.34. The highest BCUT2D eigenvalue weighted by molar-refractivity contribution is 5.94. The number of pyridine rings is 2. The van der Waals surface area contributed by atoms with Gasteiger partial charge in [0.25, 0.3) is 5.91 Å². The molecule has 0 saturated heterocycles. The highest BCUT2D eigenvalue weighted by Crippen LogP contribution is 2.55. The summed E-state index contributed by atoms with van der Waals surface area (Å²) in [4.78, 5) is 21.4. The standard InChI is InChI=1S/C28H28FN3O/c1-4-23-7-5-17(16-31-23)27(33)32-28(2,3)21-13-18-11-20(12-19(18)14-21)24-9-10-30-26-8-6-22(29)15-25(24)26/h1,5-10,15-16,18-21H,11-14H2,2-3H3,(H,32,33)/t18-,19+,20?,21+. The van der Waals surface area contributed by atoms with Crippen molar-refractivity contribution >= 4 is 16.8 Å². The van der Waals surface area contributed by atoms with Crippen LogP contribution in [-0.2, 0) is 0 Å². The van der Waals surface area contributed by atoms with Crippen LogP contribution in [0.5, 0.6) is 0 Å². The van der Waals surface area contributed by atoms with E-state index in [1.54, 1.807) is 24.3 Å². The molecule has 0 spiro atoms. The summed E-state index contributed by atoms with van der Waals surface area (Å²) in [5.74, 6) is 4.26. The Kier molecular flexibility index (Phi) is 5.40. The third-order valence-electron chi connectivity index (χ3n) is 7.82. The van der Waals surface area contributed by atoms with Crippen molar-refractivity contribution in [2.24, 2.45) is 17.8 Å². The number of amides is 1. The molecule has 5 rings (SSSR count). The van der Waals surface area contributed by atoms with Gasteiger partial charge in [0.1, 0.15) is 11.5 Å². The Balaban J connectivity index is 1.26. The fourth-order valence-corrected chi connectivity index (χ4v) is 6.04. The van der Waals surface area contributed by atoms with Crippen LogP contribution < -0.4 is 5.32 Å². The Hall–Kier alpha value is -3.26. The van der Waals surface area contributed by atoms with Gasteiger partial charge in [-0.25, -0.2) is 9.37 Å². The van der Waals surface area contributed by atoms with E-state index in [0.717, 1.165) is 36.6 Å². The first-order valence-electron chi connectivity index (χ1n) is 11.6. The normalized spacial score (nSPS) is 24.4. The average molecular weight is 442 g/mol. The molecule has 4 atom stereocenters. The maximum atomic E-state index is 13.9. The molecule has 1 N–H and O–H groups in total. The lowest BCUT2D eigenvalue weighted by molar-refractivity contribution is 0.0877. The summed E-state index contributed by atoms with van der Waals surface area (Å²) < 4.78 is 13.9. The first kappa shape index (κ1) is 21.6. The molecule has 2 saturated carbocycles. The topological polar surface area (TPSA) is 54.9 Å². The molecule has 1 unspecified atom stereocenters. The summed E-state index contributed by atoms with van der Waals surface area (Å²) in [5.41, 5.74) is 2.82. The Morgan fingerprint density at radius 2 is 1.85 bits per heavy atom. The van der Waals surface area contributed by atoms with E-state index in [2.05, 4.69) is 41.1 Å². The van der Waals surface area contributed by atoms with Crippen LogP contribution >= 0.6 is 0 Å². The highest BCUT2D eigenvalue weighted by Gasteiger charge is 2.47. The number of hydrogen-bond donors (Lipinski definition) is 1. The number of terminal acetylenes is 1. The molecule has 33 heavy (non-hydrogen) atoms. The predicted molar refractivity (Wildman–Crippen MR) is 127 cm³/mol. The molecule has 2 aromatic heterocycles. The van der Waals surface area contributed by atoms with E-state index in [9.17, 15) is 9.18 Å². The number of carbonyl (C=O) groups is 1. The van der Waals surface area contributed by atoms with Gasteiger partial charge in [-0.3, -0.25) is 9.78 Å². The Labute approximate surface area is 194 Å². The van der Waals surface area contributed by atoms with Gasteiger partial charge < -0.3 is 5.32 Å². The third-order valence-corrected chi connectivity index (χ3v) is 7.82. The van der Waals surface area contributed by atoms with Gasteiger partial charge in [-0.1, -0.05) is 5.92 Å². The first-order chi connectivity index (χ1) is 15.8. The Bertz CT molecular complexity index is 1230. The number of carbonyl (C=O) groups excluding carboxylic acids is 1. The largest absolute Gasteiger partial charge is 0.347 e. The van der Waals surface area contributed by atoms with Crippen LogP contribution in [0.3, 0.4) is 0 Å². The molecular weight excluding hydrogens is 413 g/mol. The fraction of sp³-hybridized carbons (Fsp3) is 0.393. The maximum absolute atomic E-state index is 13.9. The molecular formula is C28H28FN3O. The summed E-state index contributed by atoms with van der Waals surface area (Å²) in [6.07, 6.45) is 13.1. The minimum atomic E-state index is -0.311. The molecule has 2 aliphatic carbocycles. The van der Waals surface area contributed by atoms with Crippen molar-refractivity contribution in [2.45, 2.75) is 51.0 Å². The lowest BCUT2D eigenvalue weighted by atomic mass is 9.82. The van der Waals surface area contributed by atoms with Crippen molar-refractivity contribution < 1.29 is 9.18 Å². The van der Waals surface area contributed by atoms with Crippen LogP contribution in [0.2, 0.25) is 0 Å². The minimum Gasteiger partial charge on any atom is -0.347 e. The first-order valence-corrected chi connectivity index (χ1v) is 11.6. The minimum absolute atomic E-state index is 0.115. The van der Waals surface area contributed by atoms with E-state index in [-0.39, 0.29) is 17.3 Å². The molecule has 1 amide bonds. The smallest absolute Gasteiger partial charge is 0.253 e. The molecule has 0 radical (unpaired) electrons. The predicted octanol–water partition coefficient (Wildman–Crippen LogP) is 5.48. The van der Waals surface area contributed by atoms with Crippen molar-refractivity contribution in [3.63, 3.8) is 0 Å². The second-order valence-corrected chi connectivity index (χ2v) is 10.2. The summed E-state index contributed by atoms with van der Waals surface area (Å²) in [5, 5.41) is 4.17. The van der Waals surface area contributed by atoms with Crippen LogP contribution in [-0.4, -0.2) is 21.4 Å². The SMILES string of the molecule is C#Cc1ccc(C(=O)NC(C)(C)[C@H]2C[C@H]3CC(c4ccnc5ccc(F)cc45)C[C@H]3C2)cn1. The molecule has 0 aliphatic heterocycles. The van der Waals surface area contributed by atoms with Crippen molar-refractivity contribution in [3.05, 3.63) is 71.4 Å². The number of fused-ring (bicyclic) bond motifs is 2. The molecule has 5 heteroatoms. The van der Waals surface area contributed by atoms with Gasteiger partial charge in [0, 0.05) is 23.3 Å². The third kappa shape index (κ3) is 4.11. The summed E-state index contributed by atoms with van der Waals surface area (Å²) in [6, 6.07) is 10.3. The summed E-state index contributed by atoms with van der Waals surface area (Å²) in [6.45, 7) is 4.24.